The highest BCUT2D eigenvalue weighted by atomic mass is 32.2. The molecular weight excluding hydrogens is 232 g/mol. The van der Waals surface area contributed by atoms with E-state index in [0.717, 1.165) is 12.3 Å². The zero-order valence-electron chi connectivity index (χ0n) is 11.7. The lowest BCUT2D eigenvalue weighted by molar-refractivity contribution is -0.119. The Bertz CT molecular complexity index is 198. The largest absolute Gasteiger partial charge is 0.353 e. The van der Waals surface area contributed by atoms with Crippen molar-refractivity contribution in [1.82, 2.24) is 10.6 Å². The fourth-order valence-corrected chi connectivity index (χ4v) is 2.45. The lowest BCUT2D eigenvalue weighted by Gasteiger charge is -2.11. The van der Waals surface area contributed by atoms with E-state index in [1.165, 1.54) is 19.3 Å². The standard InChI is InChI=1S/C13H28N2OS/c1-5-14-12(4)8-6-7-9-17-10-13(16)15-11(2)3/h11-12,14H,5-10H2,1-4H3,(H,15,16). The molecule has 3 nitrogen and oxygen atoms in total. The molecule has 0 heterocycles. The van der Waals surface area contributed by atoms with Crippen molar-refractivity contribution in [3.8, 4) is 0 Å². The van der Waals surface area contributed by atoms with Gasteiger partial charge < -0.3 is 10.6 Å². The van der Waals surface area contributed by atoms with E-state index in [1.54, 1.807) is 11.8 Å². The van der Waals surface area contributed by atoms with Gasteiger partial charge in [-0.05, 0) is 45.9 Å². The molecule has 2 N–H and O–H groups in total. The summed E-state index contributed by atoms with van der Waals surface area (Å²) in [7, 11) is 0. The summed E-state index contributed by atoms with van der Waals surface area (Å²) in [5.41, 5.74) is 0. The average molecular weight is 260 g/mol. The molecule has 0 rings (SSSR count). The van der Waals surface area contributed by atoms with E-state index < -0.39 is 0 Å². The van der Waals surface area contributed by atoms with Crippen molar-refractivity contribution >= 4 is 17.7 Å². The van der Waals surface area contributed by atoms with Gasteiger partial charge in [0, 0.05) is 12.1 Å². The van der Waals surface area contributed by atoms with Gasteiger partial charge in [0.25, 0.3) is 0 Å². The Balaban J connectivity index is 3.26. The Morgan fingerprint density at radius 2 is 1.94 bits per heavy atom. The Hall–Kier alpha value is -0.220. The van der Waals surface area contributed by atoms with Gasteiger partial charge in [-0.15, -0.1) is 0 Å². The van der Waals surface area contributed by atoms with Crippen molar-refractivity contribution in [3.63, 3.8) is 0 Å². The van der Waals surface area contributed by atoms with Crippen molar-refractivity contribution in [2.24, 2.45) is 0 Å². The first-order valence-corrected chi connectivity index (χ1v) is 7.82. The van der Waals surface area contributed by atoms with Gasteiger partial charge in [0.15, 0.2) is 0 Å². The van der Waals surface area contributed by atoms with Crippen molar-refractivity contribution in [3.05, 3.63) is 0 Å². The van der Waals surface area contributed by atoms with Crippen LogP contribution in [0.5, 0.6) is 0 Å². The molecule has 0 saturated carbocycles. The molecule has 0 aliphatic heterocycles. The van der Waals surface area contributed by atoms with Crippen LogP contribution in [0.15, 0.2) is 0 Å². The van der Waals surface area contributed by atoms with Gasteiger partial charge >= 0.3 is 0 Å². The topological polar surface area (TPSA) is 41.1 Å². The van der Waals surface area contributed by atoms with Gasteiger partial charge in [-0.25, -0.2) is 0 Å². The molecule has 0 aromatic rings. The molecule has 0 spiro atoms. The van der Waals surface area contributed by atoms with Crippen molar-refractivity contribution < 1.29 is 4.79 Å². The fourth-order valence-electron chi connectivity index (χ4n) is 1.63. The molecule has 0 aromatic heterocycles. The Kier molecular flexibility index (Phi) is 10.8. The van der Waals surface area contributed by atoms with Crippen LogP contribution in [-0.2, 0) is 4.79 Å². The molecule has 102 valence electrons. The molecule has 17 heavy (non-hydrogen) atoms. The van der Waals surface area contributed by atoms with Gasteiger partial charge in [0.2, 0.25) is 5.91 Å². The van der Waals surface area contributed by atoms with Crippen LogP contribution in [0.25, 0.3) is 0 Å². The highest BCUT2D eigenvalue weighted by Crippen LogP contribution is 2.07. The predicted octanol–water partition coefficient (Wildman–Crippen LogP) is 2.41. The van der Waals surface area contributed by atoms with Crippen LogP contribution in [0, 0.1) is 0 Å². The molecule has 1 unspecified atom stereocenters. The zero-order chi connectivity index (χ0) is 13.1. The smallest absolute Gasteiger partial charge is 0.230 e. The lowest BCUT2D eigenvalue weighted by Crippen LogP contribution is -2.31. The maximum Gasteiger partial charge on any atom is 0.230 e. The first-order valence-electron chi connectivity index (χ1n) is 6.66. The second kappa shape index (κ2) is 10.9. The highest BCUT2D eigenvalue weighted by molar-refractivity contribution is 7.99. The van der Waals surface area contributed by atoms with E-state index in [9.17, 15) is 4.79 Å². The number of amides is 1. The number of rotatable bonds is 10. The monoisotopic (exact) mass is 260 g/mol. The summed E-state index contributed by atoms with van der Waals surface area (Å²) in [6.07, 6.45) is 3.68. The maximum absolute atomic E-state index is 11.3. The molecule has 0 saturated heterocycles. The van der Waals surface area contributed by atoms with E-state index in [2.05, 4.69) is 24.5 Å². The third-order valence-corrected chi connectivity index (χ3v) is 3.45. The minimum Gasteiger partial charge on any atom is -0.353 e. The van der Waals surface area contributed by atoms with E-state index >= 15 is 0 Å². The van der Waals surface area contributed by atoms with Crippen molar-refractivity contribution in [1.29, 1.82) is 0 Å². The molecule has 0 bridgehead atoms. The number of carbonyl (C=O) groups excluding carboxylic acids is 1. The number of unbranched alkanes of at least 4 members (excludes halogenated alkanes) is 1. The van der Waals surface area contributed by atoms with Crippen molar-refractivity contribution in [2.45, 2.75) is 59.0 Å². The minimum absolute atomic E-state index is 0.158. The molecule has 4 heteroatoms. The van der Waals surface area contributed by atoms with Crippen molar-refractivity contribution in [2.75, 3.05) is 18.1 Å². The van der Waals surface area contributed by atoms with Gasteiger partial charge in [0.1, 0.15) is 0 Å². The third-order valence-electron chi connectivity index (χ3n) is 2.41. The molecular formula is C13H28N2OS. The Labute approximate surface area is 111 Å². The molecule has 0 aliphatic rings. The van der Waals surface area contributed by atoms with Crippen LogP contribution in [-0.4, -0.2) is 36.0 Å². The SMILES string of the molecule is CCNC(C)CCCCSCC(=O)NC(C)C. The van der Waals surface area contributed by atoms with Gasteiger partial charge in [-0.3, -0.25) is 4.79 Å². The minimum atomic E-state index is 0.158. The quantitative estimate of drug-likeness (QED) is 0.593. The number of hydrogen-bond donors (Lipinski definition) is 2. The van der Waals surface area contributed by atoms with E-state index in [4.69, 9.17) is 0 Å². The molecule has 0 radical (unpaired) electrons. The number of thioether (sulfide) groups is 1. The van der Waals surface area contributed by atoms with Gasteiger partial charge in [-0.1, -0.05) is 13.3 Å². The summed E-state index contributed by atoms with van der Waals surface area (Å²) in [6, 6.07) is 0.873. The van der Waals surface area contributed by atoms with Crippen LogP contribution in [0.3, 0.4) is 0 Å². The van der Waals surface area contributed by atoms with Crippen LogP contribution in [0.2, 0.25) is 0 Å². The summed E-state index contributed by atoms with van der Waals surface area (Å²) in [5, 5.41) is 6.30. The van der Waals surface area contributed by atoms with Crippen LogP contribution in [0.4, 0.5) is 0 Å². The summed E-state index contributed by atoms with van der Waals surface area (Å²) >= 11 is 1.74. The van der Waals surface area contributed by atoms with Crippen LogP contribution >= 0.6 is 11.8 Å². The van der Waals surface area contributed by atoms with E-state index in [1.807, 2.05) is 13.8 Å². The van der Waals surface area contributed by atoms with Crippen LogP contribution < -0.4 is 10.6 Å². The fraction of sp³-hybridized carbons (Fsp3) is 0.923. The maximum atomic E-state index is 11.3. The first kappa shape index (κ1) is 16.8. The third kappa shape index (κ3) is 12.0. The van der Waals surface area contributed by atoms with Crippen LogP contribution in [0.1, 0.15) is 47.0 Å². The van der Waals surface area contributed by atoms with Gasteiger partial charge in [0.05, 0.1) is 5.75 Å². The summed E-state index contributed by atoms with van der Waals surface area (Å²) in [5.74, 6) is 1.84. The molecule has 0 aromatic carbocycles. The number of hydrogen-bond acceptors (Lipinski definition) is 3. The Morgan fingerprint density at radius 3 is 2.53 bits per heavy atom. The molecule has 0 aliphatic carbocycles. The van der Waals surface area contributed by atoms with E-state index in [-0.39, 0.29) is 11.9 Å². The summed E-state index contributed by atoms with van der Waals surface area (Å²) in [4.78, 5) is 11.3. The highest BCUT2D eigenvalue weighted by Gasteiger charge is 2.03. The summed E-state index contributed by atoms with van der Waals surface area (Å²) in [6.45, 7) is 9.40. The molecule has 0 fully saturated rings. The van der Waals surface area contributed by atoms with E-state index in [0.29, 0.717) is 11.8 Å². The second-order valence-electron chi connectivity index (χ2n) is 4.73. The lowest BCUT2D eigenvalue weighted by atomic mass is 10.1. The predicted molar refractivity (Wildman–Crippen MR) is 77.6 cm³/mol. The second-order valence-corrected chi connectivity index (χ2v) is 5.83. The number of carbonyl (C=O) groups is 1. The normalized spacial score (nSPS) is 12.8. The number of nitrogens with one attached hydrogen (secondary N) is 2. The molecule has 1 amide bonds. The Morgan fingerprint density at radius 1 is 1.24 bits per heavy atom. The van der Waals surface area contributed by atoms with Gasteiger partial charge in [-0.2, -0.15) is 11.8 Å². The zero-order valence-corrected chi connectivity index (χ0v) is 12.5. The first-order chi connectivity index (χ1) is 8.06. The summed E-state index contributed by atoms with van der Waals surface area (Å²) < 4.78 is 0. The average Bonchev–Trinajstić information content (AvgIpc) is 2.22. The molecule has 1 atom stereocenters.